The molecule has 120 valence electrons. The van der Waals surface area contributed by atoms with E-state index in [0.29, 0.717) is 12.1 Å². The maximum absolute atomic E-state index is 14.0. The van der Waals surface area contributed by atoms with Crippen molar-refractivity contribution < 1.29 is 9.18 Å². The van der Waals surface area contributed by atoms with Crippen molar-refractivity contribution in [2.75, 3.05) is 30.8 Å². The van der Waals surface area contributed by atoms with Gasteiger partial charge in [-0.05, 0) is 18.2 Å². The number of halogens is 1. The van der Waals surface area contributed by atoms with Gasteiger partial charge in [0.15, 0.2) is 0 Å². The van der Waals surface area contributed by atoms with E-state index in [-0.39, 0.29) is 23.6 Å². The Bertz CT molecular complexity index is 680. The Kier molecular flexibility index (Phi) is 4.86. The minimum absolute atomic E-state index is 0.0228. The summed E-state index contributed by atoms with van der Waals surface area (Å²) in [5, 5.41) is -0.229. The molecule has 0 aromatic heterocycles. The summed E-state index contributed by atoms with van der Waals surface area (Å²) in [7, 11) is 1.90. The normalized spacial score (nSPS) is 17.3. The van der Waals surface area contributed by atoms with Crippen LogP contribution in [0.4, 0.5) is 10.1 Å². The number of rotatable bonds is 4. The monoisotopic (exact) mass is 330 g/mol. The van der Waals surface area contributed by atoms with Gasteiger partial charge in [0.2, 0.25) is 5.91 Å². The molecule has 0 N–H and O–H groups in total. The zero-order valence-corrected chi connectivity index (χ0v) is 13.8. The Morgan fingerprint density at radius 2 is 1.91 bits per heavy atom. The standard InChI is InChI=1S/C18H19FN2OS/c1-20(14-7-3-2-4-8-14)13-17(22)21-11-12-23-18(21)15-9-5-6-10-16(15)19/h2-10,18H,11-13H2,1H3/t18-/m1/s1. The van der Waals surface area contributed by atoms with Crippen LogP contribution in [0.5, 0.6) is 0 Å². The van der Waals surface area contributed by atoms with Crippen LogP contribution in [0.3, 0.4) is 0 Å². The molecular formula is C18H19FN2OS. The van der Waals surface area contributed by atoms with Crippen LogP contribution in [0.25, 0.3) is 0 Å². The second-order valence-electron chi connectivity index (χ2n) is 5.52. The smallest absolute Gasteiger partial charge is 0.243 e. The fraction of sp³-hybridized carbons (Fsp3) is 0.278. The summed E-state index contributed by atoms with van der Waals surface area (Å²) in [4.78, 5) is 16.4. The second-order valence-corrected chi connectivity index (χ2v) is 6.71. The maximum Gasteiger partial charge on any atom is 0.243 e. The first-order chi connectivity index (χ1) is 11.2. The van der Waals surface area contributed by atoms with Gasteiger partial charge in [0.1, 0.15) is 11.2 Å². The fourth-order valence-corrected chi connectivity index (χ4v) is 4.02. The number of thioether (sulfide) groups is 1. The Balaban J connectivity index is 1.73. The molecular weight excluding hydrogens is 311 g/mol. The van der Waals surface area contributed by atoms with Crippen LogP contribution < -0.4 is 4.90 Å². The highest BCUT2D eigenvalue weighted by Gasteiger charge is 2.32. The second kappa shape index (κ2) is 7.04. The number of likely N-dealkylation sites (N-methyl/N-ethyl adjacent to an activating group) is 1. The Labute approximate surface area is 140 Å². The van der Waals surface area contributed by atoms with Crippen molar-refractivity contribution >= 4 is 23.4 Å². The third kappa shape index (κ3) is 3.50. The van der Waals surface area contributed by atoms with Gasteiger partial charge in [-0.15, -0.1) is 11.8 Å². The third-order valence-corrected chi connectivity index (χ3v) is 5.19. The molecule has 0 aliphatic carbocycles. The van der Waals surface area contributed by atoms with E-state index in [1.807, 2.05) is 48.3 Å². The van der Waals surface area contributed by atoms with E-state index in [1.165, 1.54) is 6.07 Å². The van der Waals surface area contributed by atoms with Gasteiger partial charge < -0.3 is 9.80 Å². The molecule has 1 fully saturated rings. The van der Waals surface area contributed by atoms with Crippen LogP contribution >= 0.6 is 11.8 Å². The number of hydrogen-bond donors (Lipinski definition) is 0. The highest BCUT2D eigenvalue weighted by atomic mass is 32.2. The molecule has 1 heterocycles. The number of nitrogens with zero attached hydrogens (tertiary/aromatic N) is 2. The zero-order chi connectivity index (χ0) is 16.2. The summed E-state index contributed by atoms with van der Waals surface area (Å²) in [5.74, 6) is 0.607. The first-order valence-corrected chi connectivity index (χ1v) is 8.63. The number of anilines is 1. The predicted molar refractivity (Wildman–Crippen MR) is 93.0 cm³/mol. The molecule has 1 atom stereocenters. The number of hydrogen-bond acceptors (Lipinski definition) is 3. The molecule has 0 spiro atoms. The highest BCUT2D eigenvalue weighted by molar-refractivity contribution is 7.99. The van der Waals surface area contributed by atoms with Crippen molar-refractivity contribution in [3.8, 4) is 0 Å². The number of carbonyl (C=O) groups is 1. The van der Waals surface area contributed by atoms with E-state index in [0.717, 1.165) is 11.4 Å². The summed E-state index contributed by atoms with van der Waals surface area (Å²) < 4.78 is 14.0. The van der Waals surface area contributed by atoms with Gasteiger partial charge in [-0.2, -0.15) is 0 Å². The molecule has 1 saturated heterocycles. The lowest BCUT2D eigenvalue weighted by Crippen LogP contribution is -2.38. The van der Waals surface area contributed by atoms with E-state index >= 15 is 0 Å². The summed E-state index contributed by atoms with van der Waals surface area (Å²) in [6.07, 6.45) is 0. The molecule has 5 heteroatoms. The zero-order valence-electron chi connectivity index (χ0n) is 13.0. The molecule has 1 amide bonds. The summed E-state index contributed by atoms with van der Waals surface area (Å²) in [6.45, 7) is 0.945. The van der Waals surface area contributed by atoms with Crippen LogP contribution in [0.2, 0.25) is 0 Å². The van der Waals surface area contributed by atoms with E-state index in [1.54, 1.807) is 28.8 Å². The van der Waals surface area contributed by atoms with Crippen molar-refractivity contribution in [2.45, 2.75) is 5.37 Å². The lowest BCUT2D eigenvalue weighted by molar-refractivity contribution is -0.129. The molecule has 23 heavy (non-hydrogen) atoms. The number of carbonyl (C=O) groups excluding carboxylic acids is 1. The summed E-state index contributed by atoms with van der Waals surface area (Å²) in [5.41, 5.74) is 1.58. The third-order valence-electron chi connectivity index (χ3n) is 3.95. The minimum Gasteiger partial charge on any atom is -0.365 e. The first-order valence-electron chi connectivity index (χ1n) is 7.58. The van der Waals surface area contributed by atoms with Gasteiger partial charge in [0, 0.05) is 30.6 Å². The largest absolute Gasteiger partial charge is 0.365 e. The van der Waals surface area contributed by atoms with Crippen LogP contribution in [-0.4, -0.2) is 36.7 Å². The SMILES string of the molecule is CN(CC(=O)N1CCS[C@@H]1c1ccccc1F)c1ccccc1. The van der Waals surface area contributed by atoms with Crippen molar-refractivity contribution in [2.24, 2.45) is 0 Å². The van der Waals surface area contributed by atoms with Gasteiger partial charge >= 0.3 is 0 Å². The molecule has 3 rings (SSSR count). The Morgan fingerprint density at radius 3 is 2.65 bits per heavy atom. The van der Waals surface area contributed by atoms with Crippen molar-refractivity contribution in [3.05, 3.63) is 66.0 Å². The van der Waals surface area contributed by atoms with E-state index in [4.69, 9.17) is 0 Å². The van der Waals surface area contributed by atoms with Crippen molar-refractivity contribution in [3.63, 3.8) is 0 Å². The number of amides is 1. The lowest BCUT2D eigenvalue weighted by atomic mass is 10.2. The van der Waals surface area contributed by atoms with E-state index in [9.17, 15) is 9.18 Å². The topological polar surface area (TPSA) is 23.6 Å². The van der Waals surface area contributed by atoms with Crippen molar-refractivity contribution in [1.29, 1.82) is 0 Å². The molecule has 0 bridgehead atoms. The van der Waals surface area contributed by atoms with Gasteiger partial charge in [0.25, 0.3) is 0 Å². The van der Waals surface area contributed by atoms with Crippen LogP contribution in [0.15, 0.2) is 54.6 Å². The predicted octanol–water partition coefficient (Wildman–Crippen LogP) is 3.54. The highest BCUT2D eigenvalue weighted by Crippen LogP contribution is 2.39. The summed E-state index contributed by atoms with van der Waals surface area (Å²) >= 11 is 1.62. The van der Waals surface area contributed by atoms with E-state index in [2.05, 4.69) is 0 Å². The quantitative estimate of drug-likeness (QED) is 0.857. The summed E-state index contributed by atoms with van der Waals surface area (Å²) in [6, 6.07) is 16.5. The molecule has 0 saturated carbocycles. The average molecular weight is 330 g/mol. The number of benzene rings is 2. The maximum atomic E-state index is 14.0. The molecule has 1 aliphatic rings. The average Bonchev–Trinajstić information content (AvgIpc) is 3.05. The van der Waals surface area contributed by atoms with Gasteiger partial charge in [-0.25, -0.2) is 4.39 Å². The van der Waals surface area contributed by atoms with Gasteiger partial charge in [-0.1, -0.05) is 36.4 Å². The molecule has 2 aromatic carbocycles. The van der Waals surface area contributed by atoms with E-state index < -0.39 is 0 Å². The molecule has 2 aromatic rings. The molecule has 1 aliphatic heterocycles. The Hall–Kier alpha value is -2.01. The lowest BCUT2D eigenvalue weighted by Gasteiger charge is -2.27. The van der Waals surface area contributed by atoms with Crippen LogP contribution in [0, 0.1) is 5.82 Å². The van der Waals surface area contributed by atoms with Gasteiger partial charge in [-0.3, -0.25) is 4.79 Å². The fourth-order valence-electron chi connectivity index (χ4n) is 2.73. The molecule has 0 unspecified atom stereocenters. The minimum atomic E-state index is -0.249. The van der Waals surface area contributed by atoms with Crippen molar-refractivity contribution in [1.82, 2.24) is 4.90 Å². The molecule has 0 radical (unpaired) electrons. The van der Waals surface area contributed by atoms with Crippen LogP contribution in [0.1, 0.15) is 10.9 Å². The first kappa shape index (κ1) is 15.9. The molecule has 3 nitrogen and oxygen atoms in total. The van der Waals surface area contributed by atoms with Crippen LogP contribution in [-0.2, 0) is 4.79 Å². The number of para-hydroxylation sites is 1. The Morgan fingerprint density at radius 1 is 1.22 bits per heavy atom. The van der Waals surface area contributed by atoms with Gasteiger partial charge in [0.05, 0.1) is 6.54 Å².